The molecule has 6 nitrogen and oxygen atoms in total. The highest BCUT2D eigenvalue weighted by molar-refractivity contribution is 5.95. The Bertz CT molecular complexity index is 997. The average molecular weight is 360 g/mol. The zero-order valence-electron chi connectivity index (χ0n) is 15.4. The molecule has 6 heteroatoms. The van der Waals surface area contributed by atoms with Crippen LogP contribution in [0.2, 0.25) is 0 Å². The third kappa shape index (κ3) is 4.76. The maximum atomic E-state index is 11.5. The van der Waals surface area contributed by atoms with E-state index in [0.29, 0.717) is 22.9 Å². The summed E-state index contributed by atoms with van der Waals surface area (Å²) >= 11 is 0. The first-order chi connectivity index (χ1) is 12.9. The molecule has 136 valence electrons. The zero-order chi connectivity index (χ0) is 19.4. The molecule has 0 aliphatic carbocycles. The van der Waals surface area contributed by atoms with E-state index < -0.39 is 0 Å². The van der Waals surface area contributed by atoms with Crippen molar-refractivity contribution in [3.63, 3.8) is 0 Å². The summed E-state index contributed by atoms with van der Waals surface area (Å²) in [5, 5.41) is 6.34. The van der Waals surface area contributed by atoms with Gasteiger partial charge in [0.1, 0.15) is 5.82 Å². The van der Waals surface area contributed by atoms with Crippen LogP contribution in [-0.4, -0.2) is 21.5 Å². The topological polar surface area (TPSA) is 84.0 Å². The fraction of sp³-hybridized carbons (Fsp3) is 0.143. The standard InChI is InChI=1S/C21H20N4O2/c1-13-11-20(23-19-6-4-5-17(12-19)15(3)27)25-21(22-13)24-18-9-7-16(8-10-18)14(2)26/h4-12H,1-3H3,(H2,22,23,24,25). The fourth-order valence-electron chi connectivity index (χ4n) is 2.57. The average Bonchev–Trinajstić information content (AvgIpc) is 2.62. The van der Waals surface area contributed by atoms with Gasteiger partial charge < -0.3 is 10.6 Å². The Morgan fingerprint density at radius 3 is 2.15 bits per heavy atom. The number of anilines is 4. The van der Waals surface area contributed by atoms with Gasteiger partial charge in [-0.25, -0.2) is 4.98 Å². The molecule has 0 amide bonds. The number of aryl methyl sites for hydroxylation is 1. The van der Waals surface area contributed by atoms with Crippen molar-refractivity contribution >= 4 is 34.7 Å². The van der Waals surface area contributed by atoms with Crippen molar-refractivity contribution in [2.75, 3.05) is 10.6 Å². The van der Waals surface area contributed by atoms with Crippen LogP contribution in [0.1, 0.15) is 40.3 Å². The van der Waals surface area contributed by atoms with Crippen LogP contribution in [0.3, 0.4) is 0 Å². The number of hydrogen-bond acceptors (Lipinski definition) is 6. The molecule has 0 radical (unpaired) electrons. The Hall–Kier alpha value is -3.54. The van der Waals surface area contributed by atoms with E-state index in [1.54, 1.807) is 24.3 Å². The van der Waals surface area contributed by atoms with E-state index >= 15 is 0 Å². The van der Waals surface area contributed by atoms with E-state index in [0.717, 1.165) is 17.1 Å². The van der Waals surface area contributed by atoms with E-state index in [-0.39, 0.29) is 11.6 Å². The van der Waals surface area contributed by atoms with Crippen LogP contribution in [0.4, 0.5) is 23.1 Å². The number of rotatable bonds is 6. The number of aromatic nitrogens is 2. The number of carbonyl (C=O) groups excluding carboxylic acids is 2. The molecule has 1 aromatic heterocycles. The Balaban J connectivity index is 1.80. The Labute approximate surface area is 157 Å². The molecule has 3 rings (SSSR count). The van der Waals surface area contributed by atoms with E-state index in [1.165, 1.54) is 13.8 Å². The number of hydrogen-bond donors (Lipinski definition) is 2. The van der Waals surface area contributed by atoms with Gasteiger partial charge in [0.2, 0.25) is 5.95 Å². The Morgan fingerprint density at radius 1 is 0.778 bits per heavy atom. The molecule has 2 N–H and O–H groups in total. The third-order valence-corrected chi connectivity index (χ3v) is 3.94. The minimum atomic E-state index is 0.00822. The highest BCUT2D eigenvalue weighted by Crippen LogP contribution is 2.20. The summed E-state index contributed by atoms with van der Waals surface area (Å²) in [6.07, 6.45) is 0. The lowest BCUT2D eigenvalue weighted by atomic mass is 10.1. The normalized spacial score (nSPS) is 10.3. The van der Waals surface area contributed by atoms with Crippen molar-refractivity contribution in [2.24, 2.45) is 0 Å². The molecule has 0 saturated carbocycles. The van der Waals surface area contributed by atoms with Crippen LogP contribution in [0.5, 0.6) is 0 Å². The second-order valence-corrected chi connectivity index (χ2v) is 6.24. The van der Waals surface area contributed by atoms with Crippen LogP contribution >= 0.6 is 0 Å². The van der Waals surface area contributed by atoms with Crippen LogP contribution in [0, 0.1) is 6.92 Å². The second-order valence-electron chi connectivity index (χ2n) is 6.24. The predicted octanol–water partition coefficient (Wildman–Crippen LogP) is 4.68. The number of nitrogens with one attached hydrogen (secondary N) is 2. The van der Waals surface area contributed by atoms with E-state index in [2.05, 4.69) is 20.6 Å². The molecule has 3 aromatic rings. The summed E-state index contributed by atoms with van der Waals surface area (Å²) in [7, 11) is 0. The first kappa shape index (κ1) is 18.3. The lowest BCUT2D eigenvalue weighted by Gasteiger charge is -2.11. The minimum absolute atomic E-state index is 0.00822. The molecule has 0 atom stereocenters. The van der Waals surface area contributed by atoms with Gasteiger partial charge in [-0.3, -0.25) is 9.59 Å². The van der Waals surface area contributed by atoms with Gasteiger partial charge in [-0.2, -0.15) is 4.98 Å². The molecule has 2 aromatic carbocycles. The summed E-state index contributed by atoms with van der Waals surface area (Å²) in [5.41, 5.74) is 3.64. The van der Waals surface area contributed by atoms with Crippen molar-refractivity contribution in [3.8, 4) is 0 Å². The smallest absolute Gasteiger partial charge is 0.229 e. The third-order valence-electron chi connectivity index (χ3n) is 3.94. The molecule has 0 aliphatic rings. The summed E-state index contributed by atoms with van der Waals surface area (Å²) < 4.78 is 0. The van der Waals surface area contributed by atoms with Gasteiger partial charge in [-0.15, -0.1) is 0 Å². The first-order valence-electron chi connectivity index (χ1n) is 8.52. The first-order valence-corrected chi connectivity index (χ1v) is 8.52. The lowest BCUT2D eigenvalue weighted by Crippen LogP contribution is -2.03. The quantitative estimate of drug-likeness (QED) is 0.621. The maximum absolute atomic E-state index is 11.5. The van der Waals surface area contributed by atoms with Crippen molar-refractivity contribution < 1.29 is 9.59 Å². The molecule has 0 unspecified atom stereocenters. The lowest BCUT2D eigenvalue weighted by molar-refractivity contribution is 0.100. The zero-order valence-corrected chi connectivity index (χ0v) is 15.4. The summed E-state index contributed by atoms with van der Waals surface area (Å²) in [6.45, 7) is 4.95. The van der Waals surface area contributed by atoms with Crippen LogP contribution < -0.4 is 10.6 Å². The number of carbonyl (C=O) groups is 2. The van der Waals surface area contributed by atoms with Gasteiger partial charge in [-0.05, 0) is 57.2 Å². The number of ketones is 2. The van der Waals surface area contributed by atoms with Crippen molar-refractivity contribution in [1.82, 2.24) is 9.97 Å². The van der Waals surface area contributed by atoms with E-state index in [4.69, 9.17) is 0 Å². The monoisotopic (exact) mass is 360 g/mol. The molecule has 1 heterocycles. The molecule has 0 fully saturated rings. The molecular formula is C21H20N4O2. The number of benzene rings is 2. The predicted molar refractivity (Wildman–Crippen MR) is 106 cm³/mol. The van der Waals surface area contributed by atoms with Gasteiger partial charge in [0.25, 0.3) is 0 Å². The minimum Gasteiger partial charge on any atom is -0.340 e. The highest BCUT2D eigenvalue weighted by atomic mass is 16.1. The Kier molecular flexibility index (Phi) is 5.26. The van der Waals surface area contributed by atoms with Gasteiger partial charge >= 0.3 is 0 Å². The van der Waals surface area contributed by atoms with Crippen LogP contribution in [0.25, 0.3) is 0 Å². The second kappa shape index (κ2) is 7.78. The maximum Gasteiger partial charge on any atom is 0.229 e. The molecule has 27 heavy (non-hydrogen) atoms. The Morgan fingerprint density at radius 2 is 1.48 bits per heavy atom. The summed E-state index contributed by atoms with van der Waals surface area (Å²) in [6, 6.07) is 16.2. The van der Waals surface area contributed by atoms with Gasteiger partial charge in [0.05, 0.1) is 0 Å². The fourth-order valence-corrected chi connectivity index (χ4v) is 2.57. The van der Waals surface area contributed by atoms with Gasteiger partial charge in [0.15, 0.2) is 11.6 Å². The van der Waals surface area contributed by atoms with Crippen LogP contribution in [-0.2, 0) is 0 Å². The molecule has 0 aliphatic heterocycles. The highest BCUT2D eigenvalue weighted by Gasteiger charge is 2.06. The van der Waals surface area contributed by atoms with Crippen molar-refractivity contribution in [1.29, 1.82) is 0 Å². The van der Waals surface area contributed by atoms with Crippen molar-refractivity contribution in [3.05, 3.63) is 71.4 Å². The molecular weight excluding hydrogens is 340 g/mol. The van der Waals surface area contributed by atoms with Gasteiger partial charge in [0, 0.05) is 34.3 Å². The van der Waals surface area contributed by atoms with E-state index in [1.807, 2.05) is 37.3 Å². The summed E-state index contributed by atoms with van der Waals surface area (Å²) in [4.78, 5) is 31.8. The van der Waals surface area contributed by atoms with Crippen LogP contribution in [0.15, 0.2) is 54.6 Å². The number of Topliss-reactive ketones (excluding diaryl/α,β-unsaturated/α-hetero) is 2. The molecule has 0 bridgehead atoms. The molecule has 0 saturated heterocycles. The van der Waals surface area contributed by atoms with E-state index in [9.17, 15) is 9.59 Å². The number of nitrogens with zero attached hydrogens (tertiary/aromatic N) is 2. The van der Waals surface area contributed by atoms with Crippen molar-refractivity contribution in [2.45, 2.75) is 20.8 Å². The largest absolute Gasteiger partial charge is 0.340 e. The molecule has 0 spiro atoms. The summed E-state index contributed by atoms with van der Waals surface area (Å²) in [5.74, 6) is 1.09. The SMILES string of the molecule is CC(=O)c1ccc(Nc2nc(C)cc(Nc3cccc(C(C)=O)c3)n2)cc1. The van der Waals surface area contributed by atoms with Gasteiger partial charge in [-0.1, -0.05) is 12.1 Å².